The van der Waals surface area contributed by atoms with Crippen molar-refractivity contribution in [3.63, 3.8) is 0 Å². The normalized spacial score (nSPS) is 11.1. The van der Waals surface area contributed by atoms with E-state index in [9.17, 15) is 9.59 Å². The van der Waals surface area contributed by atoms with Gasteiger partial charge in [0.2, 0.25) is 0 Å². The lowest BCUT2D eigenvalue weighted by molar-refractivity contribution is -0.145. The van der Waals surface area contributed by atoms with Gasteiger partial charge < -0.3 is 9.47 Å². The molecule has 0 saturated heterocycles. The molecule has 0 fully saturated rings. The van der Waals surface area contributed by atoms with Crippen LogP contribution in [0, 0.1) is 0 Å². The topological polar surface area (TPSA) is 52.6 Å². The highest BCUT2D eigenvalue weighted by Gasteiger charge is 2.08. The summed E-state index contributed by atoms with van der Waals surface area (Å²) in [5, 5.41) is 0. The molecular weight excluding hydrogens is 447 g/mol. The summed E-state index contributed by atoms with van der Waals surface area (Å²) >= 11 is 11.0. The third-order valence-corrected chi connectivity index (χ3v) is 5.90. The van der Waals surface area contributed by atoms with Crippen molar-refractivity contribution in [2.45, 2.75) is 140 Å². The second-order valence-electron chi connectivity index (χ2n) is 8.80. The molecular formula is C26H48Cl2O4. The predicted octanol–water partition coefficient (Wildman–Crippen LogP) is 8.70. The van der Waals surface area contributed by atoms with E-state index in [1.54, 1.807) is 0 Å². The van der Waals surface area contributed by atoms with Crippen LogP contribution in [0.4, 0.5) is 0 Å². The zero-order valence-electron chi connectivity index (χ0n) is 20.5. The Hall–Kier alpha value is -0.480. The van der Waals surface area contributed by atoms with Gasteiger partial charge in [0.25, 0.3) is 0 Å². The summed E-state index contributed by atoms with van der Waals surface area (Å²) in [7, 11) is 0. The Bertz CT molecular complexity index is 430. The Balaban J connectivity index is 3.22. The molecule has 4 nitrogen and oxygen atoms in total. The summed E-state index contributed by atoms with van der Waals surface area (Å²) in [6.45, 7) is 2.78. The van der Waals surface area contributed by atoms with Crippen molar-refractivity contribution in [2.75, 3.05) is 13.2 Å². The molecule has 0 amide bonds. The maximum Gasteiger partial charge on any atom is 0.305 e. The average molecular weight is 496 g/mol. The van der Waals surface area contributed by atoms with Gasteiger partial charge in [-0.3, -0.25) is 9.59 Å². The highest BCUT2D eigenvalue weighted by molar-refractivity contribution is 6.44. The van der Waals surface area contributed by atoms with Gasteiger partial charge in [0.15, 0.2) is 0 Å². The van der Waals surface area contributed by atoms with Crippen LogP contribution < -0.4 is 0 Å². The van der Waals surface area contributed by atoms with Gasteiger partial charge in [0, 0.05) is 12.8 Å². The third kappa shape index (κ3) is 25.8. The number of rotatable bonds is 24. The van der Waals surface area contributed by atoms with Crippen molar-refractivity contribution < 1.29 is 19.1 Å². The molecule has 0 aromatic heterocycles. The molecule has 0 aliphatic heterocycles. The number of carbonyl (C=O) groups excluding carboxylic acids is 2. The standard InChI is InChI=1S/C26H48Cl2O4/c1-2-3-4-5-6-7-8-9-10-11-12-13-14-15-16-19-22-31-25(29)20-17-18-21-26(30)32-23-24(27)28/h24H,2-23H2,1H3. The lowest BCUT2D eigenvalue weighted by Crippen LogP contribution is -2.10. The second-order valence-corrected chi connectivity index (χ2v) is 10.1. The van der Waals surface area contributed by atoms with Gasteiger partial charge in [-0.15, -0.1) is 23.2 Å². The van der Waals surface area contributed by atoms with Crippen molar-refractivity contribution in [2.24, 2.45) is 0 Å². The average Bonchev–Trinajstić information content (AvgIpc) is 2.77. The van der Waals surface area contributed by atoms with E-state index in [0.29, 0.717) is 25.9 Å². The first-order valence-electron chi connectivity index (χ1n) is 13.2. The van der Waals surface area contributed by atoms with E-state index < -0.39 is 4.84 Å². The third-order valence-electron chi connectivity index (χ3n) is 5.64. The minimum atomic E-state index is -0.696. The van der Waals surface area contributed by atoms with E-state index >= 15 is 0 Å². The molecule has 0 aliphatic rings. The van der Waals surface area contributed by atoms with Crippen LogP contribution in [0.25, 0.3) is 0 Å². The van der Waals surface area contributed by atoms with Crippen LogP contribution in [0.15, 0.2) is 0 Å². The molecule has 0 unspecified atom stereocenters. The molecule has 0 radical (unpaired) electrons. The summed E-state index contributed by atoms with van der Waals surface area (Å²) in [5.41, 5.74) is 0. The molecule has 6 heteroatoms. The van der Waals surface area contributed by atoms with Gasteiger partial charge in [0.05, 0.1) is 6.61 Å². The Labute approximate surface area is 207 Å². The number of hydrogen-bond donors (Lipinski definition) is 0. The van der Waals surface area contributed by atoms with E-state index in [4.69, 9.17) is 32.7 Å². The van der Waals surface area contributed by atoms with Crippen LogP contribution >= 0.6 is 23.2 Å². The first kappa shape index (κ1) is 31.5. The van der Waals surface area contributed by atoms with Gasteiger partial charge in [-0.1, -0.05) is 103 Å². The number of ether oxygens (including phenoxy) is 2. The van der Waals surface area contributed by atoms with Crippen LogP contribution in [-0.4, -0.2) is 30.0 Å². The highest BCUT2D eigenvalue weighted by atomic mass is 35.5. The zero-order chi connectivity index (χ0) is 23.7. The Morgan fingerprint density at radius 1 is 0.562 bits per heavy atom. The number of carbonyl (C=O) groups is 2. The Morgan fingerprint density at radius 2 is 0.938 bits per heavy atom. The first-order valence-corrected chi connectivity index (χ1v) is 14.0. The summed E-state index contributed by atoms with van der Waals surface area (Å²) in [6.07, 6.45) is 23.1. The van der Waals surface area contributed by atoms with E-state index in [0.717, 1.165) is 12.8 Å². The molecule has 0 heterocycles. The highest BCUT2D eigenvalue weighted by Crippen LogP contribution is 2.14. The molecule has 0 rings (SSSR count). The van der Waals surface area contributed by atoms with Crippen LogP contribution in [0.2, 0.25) is 0 Å². The quantitative estimate of drug-likeness (QED) is 0.0763. The second kappa shape index (κ2) is 25.1. The molecule has 190 valence electrons. The molecule has 32 heavy (non-hydrogen) atoms. The maximum atomic E-state index is 11.7. The fraction of sp³-hybridized carbons (Fsp3) is 0.923. The van der Waals surface area contributed by atoms with Crippen molar-refractivity contribution in [1.82, 2.24) is 0 Å². The number of unbranched alkanes of at least 4 members (excludes halogenated alkanes) is 16. The number of alkyl halides is 2. The van der Waals surface area contributed by atoms with Gasteiger partial charge in [-0.2, -0.15) is 0 Å². The Kier molecular flexibility index (Phi) is 24.8. The smallest absolute Gasteiger partial charge is 0.305 e. The minimum absolute atomic E-state index is 0.00327. The summed E-state index contributed by atoms with van der Waals surface area (Å²) in [4.78, 5) is 22.4. The van der Waals surface area contributed by atoms with Gasteiger partial charge >= 0.3 is 11.9 Å². The van der Waals surface area contributed by atoms with Crippen LogP contribution in [0.5, 0.6) is 0 Å². The van der Waals surface area contributed by atoms with Gasteiger partial charge in [0.1, 0.15) is 11.4 Å². The molecule has 0 atom stereocenters. The fourth-order valence-electron chi connectivity index (χ4n) is 3.68. The van der Waals surface area contributed by atoms with Crippen molar-refractivity contribution in [3.8, 4) is 0 Å². The maximum absolute atomic E-state index is 11.7. The zero-order valence-corrected chi connectivity index (χ0v) is 22.0. The van der Waals surface area contributed by atoms with Crippen molar-refractivity contribution in [1.29, 1.82) is 0 Å². The van der Waals surface area contributed by atoms with E-state index in [-0.39, 0.29) is 25.0 Å². The van der Waals surface area contributed by atoms with Crippen molar-refractivity contribution >= 4 is 35.1 Å². The molecule has 0 spiro atoms. The largest absolute Gasteiger partial charge is 0.466 e. The number of esters is 2. The molecule has 0 aromatic rings. The van der Waals surface area contributed by atoms with Crippen LogP contribution in [0.1, 0.15) is 135 Å². The first-order chi connectivity index (χ1) is 15.6. The molecule has 0 aromatic carbocycles. The molecule has 0 N–H and O–H groups in total. The van der Waals surface area contributed by atoms with Gasteiger partial charge in [-0.05, 0) is 19.3 Å². The van der Waals surface area contributed by atoms with E-state index in [1.807, 2.05) is 0 Å². The summed E-state index contributed by atoms with van der Waals surface area (Å²) in [5.74, 6) is -0.515. The molecule has 0 aliphatic carbocycles. The fourth-order valence-corrected chi connectivity index (χ4v) is 3.80. The summed E-state index contributed by atoms with van der Waals surface area (Å²) in [6, 6.07) is 0. The van der Waals surface area contributed by atoms with Crippen LogP contribution in [0.3, 0.4) is 0 Å². The number of halogens is 2. The van der Waals surface area contributed by atoms with Crippen LogP contribution in [-0.2, 0) is 19.1 Å². The SMILES string of the molecule is CCCCCCCCCCCCCCCCCCOC(=O)CCCCC(=O)OCC(Cl)Cl. The lowest BCUT2D eigenvalue weighted by atomic mass is 10.0. The Morgan fingerprint density at radius 3 is 1.34 bits per heavy atom. The van der Waals surface area contributed by atoms with Gasteiger partial charge in [-0.25, -0.2) is 0 Å². The molecule has 0 bridgehead atoms. The predicted molar refractivity (Wildman–Crippen MR) is 135 cm³/mol. The van der Waals surface area contributed by atoms with Crippen molar-refractivity contribution in [3.05, 3.63) is 0 Å². The molecule has 0 saturated carbocycles. The monoisotopic (exact) mass is 494 g/mol. The summed E-state index contributed by atoms with van der Waals surface area (Å²) < 4.78 is 10.1. The van der Waals surface area contributed by atoms with E-state index in [1.165, 1.54) is 89.9 Å². The van der Waals surface area contributed by atoms with E-state index in [2.05, 4.69) is 6.92 Å². The minimum Gasteiger partial charge on any atom is -0.466 e. The number of hydrogen-bond acceptors (Lipinski definition) is 4. The lowest BCUT2D eigenvalue weighted by Gasteiger charge is -2.06.